The number of para-hydroxylation sites is 1. The summed E-state index contributed by atoms with van der Waals surface area (Å²) < 4.78 is 2.12. The summed E-state index contributed by atoms with van der Waals surface area (Å²) in [6.07, 6.45) is 7.01. The number of aromatic nitrogens is 2. The van der Waals surface area contributed by atoms with Crippen LogP contribution in [0.4, 0.5) is 5.82 Å². The first-order valence-corrected chi connectivity index (χ1v) is 11.0. The Kier molecular flexibility index (Phi) is 5.27. The molecule has 32 heavy (non-hydrogen) atoms. The highest BCUT2D eigenvalue weighted by molar-refractivity contribution is 5.96. The summed E-state index contributed by atoms with van der Waals surface area (Å²) in [6, 6.07) is 12.3. The Balaban J connectivity index is 1.29. The number of rotatable bonds is 4. The molecule has 7 heteroatoms. The van der Waals surface area contributed by atoms with Gasteiger partial charge in [0.2, 0.25) is 11.8 Å². The topological polar surface area (TPSA) is 70.5 Å². The third kappa shape index (κ3) is 3.80. The first-order chi connectivity index (χ1) is 15.5. The SMILES string of the molecule is CN(Cc1cc2ccccc2n1C)C(=O)C=Cc1cnc2c(c1)CN1CCC[C@H]1C(=O)N2. The number of carbonyl (C=O) groups is 2. The van der Waals surface area contributed by atoms with Gasteiger partial charge in [0.1, 0.15) is 5.82 Å². The maximum absolute atomic E-state index is 12.7. The molecule has 0 radical (unpaired) electrons. The van der Waals surface area contributed by atoms with Gasteiger partial charge in [-0.25, -0.2) is 4.98 Å². The summed E-state index contributed by atoms with van der Waals surface area (Å²) in [7, 11) is 3.83. The molecule has 1 fully saturated rings. The van der Waals surface area contributed by atoms with Gasteiger partial charge in [0.25, 0.3) is 0 Å². The number of fused-ring (bicyclic) bond motifs is 3. The lowest BCUT2D eigenvalue weighted by molar-refractivity contribution is -0.125. The lowest BCUT2D eigenvalue weighted by Gasteiger charge is -2.19. The van der Waals surface area contributed by atoms with E-state index in [-0.39, 0.29) is 17.9 Å². The molecule has 164 valence electrons. The molecule has 0 aliphatic carbocycles. The fourth-order valence-corrected chi connectivity index (χ4v) is 4.70. The van der Waals surface area contributed by atoms with Crippen LogP contribution in [0.15, 0.2) is 48.7 Å². The van der Waals surface area contributed by atoms with Gasteiger partial charge in [-0.1, -0.05) is 18.2 Å². The number of nitrogens with zero attached hydrogens (tertiary/aromatic N) is 4. The van der Waals surface area contributed by atoms with E-state index in [2.05, 4.69) is 38.0 Å². The number of amides is 2. The van der Waals surface area contributed by atoms with Crippen molar-refractivity contribution in [3.05, 3.63) is 65.5 Å². The normalized spacial score (nSPS) is 18.4. The van der Waals surface area contributed by atoms with Crippen LogP contribution in [0.5, 0.6) is 0 Å². The van der Waals surface area contributed by atoms with Gasteiger partial charge in [-0.3, -0.25) is 14.5 Å². The van der Waals surface area contributed by atoms with Gasteiger partial charge < -0.3 is 14.8 Å². The van der Waals surface area contributed by atoms with E-state index in [9.17, 15) is 9.59 Å². The fourth-order valence-electron chi connectivity index (χ4n) is 4.70. The molecule has 0 spiro atoms. The Hall–Kier alpha value is -3.45. The highest BCUT2D eigenvalue weighted by Crippen LogP contribution is 2.28. The van der Waals surface area contributed by atoms with Crippen LogP contribution in [-0.2, 0) is 29.7 Å². The number of anilines is 1. The maximum Gasteiger partial charge on any atom is 0.246 e. The molecule has 1 aromatic carbocycles. The first-order valence-electron chi connectivity index (χ1n) is 11.0. The summed E-state index contributed by atoms with van der Waals surface area (Å²) in [5, 5.41) is 4.13. The average Bonchev–Trinajstić information content (AvgIpc) is 3.35. The molecule has 1 atom stereocenters. The van der Waals surface area contributed by atoms with Crippen molar-refractivity contribution in [2.24, 2.45) is 7.05 Å². The molecular formula is C25H27N5O2. The van der Waals surface area contributed by atoms with E-state index in [1.165, 1.54) is 5.39 Å². The molecule has 0 bridgehead atoms. The van der Waals surface area contributed by atoms with E-state index in [0.717, 1.165) is 41.7 Å². The van der Waals surface area contributed by atoms with Crippen LogP contribution in [0.25, 0.3) is 17.0 Å². The lowest BCUT2D eigenvalue weighted by atomic mass is 10.1. The summed E-state index contributed by atoms with van der Waals surface area (Å²) in [6.45, 7) is 2.15. The van der Waals surface area contributed by atoms with E-state index in [1.54, 1.807) is 23.2 Å². The molecule has 7 nitrogen and oxygen atoms in total. The van der Waals surface area contributed by atoms with Crippen molar-refractivity contribution in [1.29, 1.82) is 0 Å². The van der Waals surface area contributed by atoms with Gasteiger partial charge in [-0.05, 0) is 54.6 Å². The van der Waals surface area contributed by atoms with Crippen molar-refractivity contribution >= 4 is 34.6 Å². The molecule has 0 saturated carbocycles. The zero-order valence-electron chi connectivity index (χ0n) is 18.4. The number of carbonyl (C=O) groups excluding carboxylic acids is 2. The van der Waals surface area contributed by atoms with Gasteiger partial charge in [0.15, 0.2) is 0 Å². The van der Waals surface area contributed by atoms with Crippen LogP contribution < -0.4 is 5.32 Å². The van der Waals surface area contributed by atoms with Crippen LogP contribution in [0.2, 0.25) is 0 Å². The third-order valence-electron chi connectivity index (χ3n) is 6.51. The number of likely N-dealkylation sites (N-methyl/N-ethyl adjacent to an activating group) is 1. The molecule has 1 saturated heterocycles. The average molecular weight is 430 g/mol. The fraction of sp³-hybridized carbons (Fsp3) is 0.320. The van der Waals surface area contributed by atoms with Crippen molar-refractivity contribution in [2.75, 3.05) is 18.9 Å². The van der Waals surface area contributed by atoms with Crippen LogP contribution in [0, 0.1) is 0 Å². The summed E-state index contributed by atoms with van der Waals surface area (Å²) >= 11 is 0. The first kappa shape index (κ1) is 20.5. The second-order valence-corrected chi connectivity index (χ2v) is 8.68. The van der Waals surface area contributed by atoms with Crippen molar-refractivity contribution in [1.82, 2.24) is 19.4 Å². The van der Waals surface area contributed by atoms with Crippen LogP contribution in [0.1, 0.15) is 29.7 Å². The Labute approximate surface area is 187 Å². The number of nitrogens with one attached hydrogen (secondary N) is 1. The molecule has 2 aliphatic rings. The Morgan fingerprint density at radius 1 is 1.31 bits per heavy atom. The van der Waals surface area contributed by atoms with Crippen molar-refractivity contribution in [3.8, 4) is 0 Å². The quantitative estimate of drug-likeness (QED) is 0.647. The molecule has 2 amide bonds. The highest BCUT2D eigenvalue weighted by atomic mass is 16.2. The van der Waals surface area contributed by atoms with Gasteiger partial charge in [-0.2, -0.15) is 0 Å². The van der Waals surface area contributed by atoms with Crippen LogP contribution in [0.3, 0.4) is 0 Å². The molecule has 2 aromatic heterocycles. The standard InChI is InChI=1S/C25H27N5O2/c1-28(16-20-13-18-6-3-4-7-21(18)29(20)2)23(31)10-9-17-12-19-15-30-11-5-8-22(30)25(32)27-24(19)26-14-17/h3-4,6-7,9-10,12-14,22H,5,8,11,15-16H2,1-2H3,(H,26,27,32)/t22-/m0/s1. The monoisotopic (exact) mass is 429 g/mol. The number of hydrogen-bond donors (Lipinski definition) is 1. The minimum atomic E-state index is -0.0712. The lowest BCUT2D eigenvalue weighted by Crippen LogP contribution is -2.36. The Morgan fingerprint density at radius 3 is 3.00 bits per heavy atom. The molecular weight excluding hydrogens is 402 g/mol. The minimum absolute atomic E-state index is 0.0298. The molecule has 2 aliphatic heterocycles. The van der Waals surface area contributed by atoms with Crippen molar-refractivity contribution < 1.29 is 9.59 Å². The van der Waals surface area contributed by atoms with E-state index in [1.807, 2.05) is 32.3 Å². The Morgan fingerprint density at radius 2 is 2.16 bits per heavy atom. The molecule has 4 heterocycles. The maximum atomic E-state index is 12.7. The minimum Gasteiger partial charge on any atom is -0.346 e. The Bertz CT molecular complexity index is 1230. The molecule has 0 unspecified atom stereocenters. The molecule has 5 rings (SSSR count). The predicted octanol–water partition coefficient (Wildman–Crippen LogP) is 3.16. The van der Waals surface area contributed by atoms with Gasteiger partial charge in [0.05, 0.1) is 12.6 Å². The third-order valence-corrected chi connectivity index (χ3v) is 6.51. The highest BCUT2D eigenvalue weighted by Gasteiger charge is 2.34. The zero-order chi connectivity index (χ0) is 22.2. The number of benzene rings is 1. The molecule has 1 N–H and O–H groups in total. The van der Waals surface area contributed by atoms with E-state index < -0.39 is 0 Å². The zero-order valence-corrected chi connectivity index (χ0v) is 18.4. The number of hydrogen-bond acceptors (Lipinski definition) is 4. The molecule has 3 aromatic rings. The second-order valence-electron chi connectivity index (χ2n) is 8.68. The van der Waals surface area contributed by atoms with Gasteiger partial charge >= 0.3 is 0 Å². The second kappa shape index (κ2) is 8.24. The summed E-state index contributed by atoms with van der Waals surface area (Å²) in [5.41, 5.74) is 4.07. The van der Waals surface area contributed by atoms with E-state index in [4.69, 9.17) is 0 Å². The van der Waals surface area contributed by atoms with Crippen molar-refractivity contribution in [3.63, 3.8) is 0 Å². The summed E-state index contributed by atoms with van der Waals surface area (Å²) in [4.78, 5) is 33.5. The summed E-state index contributed by atoms with van der Waals surface area (Å²) in [5.74, 6) is 0.584. The van der Waals surface area contributed by atoms with Crippen LogP contribution >= 0.6 is 0 Å². The predicted molar refractivity (Wildman–Crippen MR) is 125 cm³/mol. The largest absolute Gasteiger partial charge is 0.346 e. The van der Waals surface area contributed by atoms with Gasteiger partial charge in [-0.15, -0.1) is 0 Å². The number of aryl methyl sites for hydroxylation is 1. The van der Waals surface area contributed by atoms with Crippen LogP contribution in [-0.4, -0.2) is 50.8 Å². The van der Waals surface area contributed by atoms with Crippen molar-refractivity contribution in [2.45, 2.75) is 32.0 Å². The van der Waals surface area contributed by atoms with E-state index in [0.29, 0.717) is 18.9 Å². The van der Waals surface area contributed by atoms with E-state index >= 15 is 0 Å². The smallest absolute Gasteiger partial charge is 0.246 e. The number of pyridine rings is 1. The van der Waals surface area contributed by atoms with Gasteiger partial charge in [0, 0.05) is 49.7 Å².